The van der Waals surface area contributed by atoms with Gasteiger partial charge in [-0.25, -0.2) is 4.98 Å². The largest absolute Gasteiger partial charge is 0.338 e. The molecule has 102 valence electrons. The zero-order chi connectivity index (χ0) is 13.8. The molecule has 1 amide bonds. The molecule has 2 aromatic rings. The topological polar surface area (TPSA) is 33.2 Å². The molecule has 0 N–H and O–H groups in total. The van der Waals surface area contributed by atoms with E-state index in [2.05, 4.69) is 16.8 Å². The van der Waals surface area contributed by atoms with E-state index >= 15 is 0 Å². The van der Waals surface area contributed by atoms with Crippen LogP contribution in [0.3, 0.4) is 0 Å². The molecule has 0 bridgehead atoms. The lowest BCUT2D eigenvalue weighted by atomic mass is 10.1. The second kappa shape index (κ2) is 6.21. The van der Waals surface area contributed by atoms with E-state index in [0.29, 0.717) is 9.88 Å². The number of thiophene rings is 1. The third-order valence-corrected chi connectivity index (χ3v) is 4.78. The quantitative estimate of drug-likeness (QED) is 0.758. The Kier molecular flexibility index (Phi) is 4.14. The zero-order valence-electron chi connectivity index (χ0n) is 11.0. The first-order valence-corrected chi connectivity index (χ1v) is 8.38. The van der Waals surface area contributed by atoms with Gasteiger partial charge in [0, 0.05) is 24.0 Å². The fraction of sp³-hybridized carbons (Fsp3) is 0.333. The molecule has 0 aliphatic carbocycles. The average molecular weight is 302 g/mol. The number of thiazole rings is 1. The second-order valence-corrected chi connectivity index (χ2v) is 6.46. The Bertz CT molecular complexity index is 643. The van der Waals surface area contributed by atoms with E-state index in [9.17, 15) is 4.79 Å². The summed E-state index contributed by atoms with van der Waals surface area (Å²) in [6.07, 6.45) is 5.09. The molecule has 1 aliphatic rings. The molecule has 0 unspecified atom stereocenters. The van der Waals surface area contributed by atoms with E-state index in [0.717, 1.165) is 31.5 Å². The third kappa shape index (κ3) is 3.09. The second-order valence-electron chi connectivity index (χ2n) is 4.64. The smallest absolute Gasteiger partial charge is 0.265 e. The molecule has 20 heavy (non-hydrogen) atoms. The highest BCUT2D eigenvalue weighted by molar-refractivity contribution is 7.14. The van der Waals surface area contributed by atoms with Crippen molar-refractivity contribution >= 4 is 28.6 Å². The maximum atomic E-state index is 12.3. The summed E-state index contributed by atoms with van der Waals surface area (Å²) in [5, 5.41) is 4.70. The van der Waals surface area contributed by atoms with Gasteiger partial charge in [-0.1, -0.05) is 5.92 Å². The maximum Gasteiger partial charge on any atom is 0.265 e. The Balaban J connectivity index is 1.71. The van der Waals surface area contributed by atoms with Gasteiger partial charge in [0.15, 0.2) is 5.01 Å². The van der Waals surface area contributed by atoms with Crippen molar-refractivity contribution in [1.29, 1.82) is 0 Å². The van der Waals surface area contributed by atoms with Gasteiger partial charge in [-0.2, -0.15) is 11.3 Å². The number of hydrogen-bond donors (Lipinski definition) is 0. The number of carbonyl (C=O) groups is 1. The van der Waals surface area contributed by atoms with E-state index in [1.165, 1.54) is 17.8 Å². The van der Waals surface area contributed by atoms with Crippen molar-refractivity contribution < 1.29 is 4.79 Å². The van der Waals surface area contributed by atoms with Gasteiger partial charge >= 0.3 is 0 Å². The normalized spacial score (nSPS) is 14.7. The summed E-state index contributed by atoms with van der Waals surface area (Å²) < 4.78 is 0. The highest BCUT2D eigenvalue weighted by Crippen LogP contribution is 2.18. The number of carbonyl (C=O) groups excluding carboxylic acids is 1. The number of piperidine rings is 1. The van der Waals surface area contributed by atoms with Crippen LogP contribution >= 0.6 is 22.7 Å². The molecular weight excluding hydrogens is 288 g/mol. The predicted octanol–water partition coefficient (Wildman–Crippen LogP) is 3.23. The number of amides is 1. The maximum absolute atomic E-state index is 12.3. The predicted molar refractivity (Wildman–Crippen MR) is 82.2 cm³/mol. The summed E-state index contributed by atoms with van der Waals surface area (Å²) in [7, 11) is 0. The Morgan fingerprint density at radius 1 is 1.25 bits per heavy atom. The van der Waals surface area contributed by atoms with Crippen molar-refractivity contribution in [2.75, 3.05) is 13.1 Å². The van der Waals surface area contributed by atoms with E-state index in [4.69, 9.17) is 0 Å². The minimum atomic E-state index is 0.103. The van der Waals surface area contributed by atoms with Crippen LogP contribution in [-0.4, -0.2) is 28.9 Å². The summed E-state index contributed by atoms with van der Waals surface area (Å²) in [5.41, 5.74) is 0.995. The van der Waals surface area contributed by atoms with Gasteiger partial charge in [0.1, 0.15) is 4.88 Å². The highest BCUT2D eigenvalue weighted by Gasteiger charge is 2.19. The van der Waals surface area contributed by atoms with E-state index in [1.54, 1.807) is 17.5 Å². The third-order valence-electron chi connectivity index (χ3n) is 3.19. The van der Waals surface area contributed by atoms with Crippen LogP contribution in [0.25, 0.3) is 0 Å². The van der Waals surface area contributed by atoms with Gasteiger partial charge in [0.25, 0.3) is 5.91 Å². The molecule has 3 nitrogen and oxygen atoms in total. The van der Waals surface area contributed by atoms with Crippen LogP contribution < -0.4 is 0 Å². The van der Waals surface area contributed by atoms with Crippen molar-refractivity contribution in [3.63, 3.8) is 0 Å². The fourth-order valence-electron chi connectivity index (χ4n) is 2.14. The molecule has 3 heterocycles. The van der Waals surface area contributed by atoms with Gasteiger partial charge in [0.05, 0.1) is 6.20 Å². The molecule has 1 saturated heterocycles. The first-order chi connectivity index (χ1) is 9.83. The van der Waals surface area contributed by atoms with Crippen molar-refractivity contribution in [3.8, 4) is 11.8 Å². The lowest BCUT2D eigenvalue weighted by molar-refractivity contribution is 0.0729. The van der Waals surface area contributed by atoms with Crippen molar-refractivity contribution in [2.24, 2.45) is 0 Å². The average Bonchev–Trinajstić information content (AvgIpc) is 3.17. The standard InChI is InChI=1S/C15H14N2OS2/c18-15(17-7-2-1-3-8-17)13-10-16-14(20-13)5-4-12-6-9-19-11-12/h6,9-11H,1-3,7-8H2. The number of nitrogens with zero attached hydrogens (tertiary/aromatic N) is 2. The lowest BCUT2D eigenvalue weighted by Crippen LogP contribution is -2.35. The number of likely N-dealkylation sites (tertiary alicyclic amines) is 1. The zero-order valence-corrected chi connectivity index (χ0v) is 12.6. The Morgan fingerprint density at radius 3 is 2.85 bits per heavy atom. The van der Waals surface area contributed by atoms with Gasteiger partial charge in [-0.15, -0.1) is 11.3 Å². The molecule has 0 aromatic carbocycles. The van der Waals surface area contributed by atoms with Crippen molar-refractivity contribution in [1.82, 2.24) is 9.88 Å². The van der Waals surface area contributed by atoms with Gasteiger partial charge in [0.2, 0.25) is 0 Å². The molecule has 0 spiro atoms. The first kappa shape index (κ1) is 13.3. The summed E-state index contributed by atoms with van der Waals surface area (Å²) in [6.45, 7) is 1.74. The van der Waals surface area contributed by atoms with Crippen molar-refractivity contribution in [3.05, 3.63) is 38.5 Å². The Morgan fingerprint density at radius 2 is 2.10 bits per heavy atom. The summed E-state index contributed by atoms with van der Waals surface area (Å²) in [4.78, 5) is 19.1. The molecule has 5 heteroatoms. The fourth-order valence-corrected chi connectivity index (χ4v) is 3.47. The van der Waals surface area contributed by atoms with Crippen LogP contribution in [0, 0.1) is 11.8 Å². The van der Waals surface area contributed by atoms with Crippen LogP contribution in [-0.2, 0) is 0 Å². The van der Waals surface area contributed by atoms with E-state index < -0.39 is 0 Å². The van der Waals surface area contributed by atoms with Gasteiger partial charge in [-0.05, 0) is 36.6 Å². The summed E-state index contributed by atoms with van der Waals surface area (Å²) >= 11 is 3.01. The Labute approximate surface area is 126 Å². The van der Waals surface area contributed by atoms with Crippen LogP contribution in [0.5, 0.6) is 0 Å². The minimum absolute atomic E-state index is 0.103. The number of aromatic nitrogens is 1. The minimum Gasteiger partial charge on any atom is -0.338 e. The molecule has 0 radical (unpaired) electrons. The van der Waals surface area contributed by atoms with Crippen LogP contribution in [0.2, 0.25) is 0 Å². The Hall–Kier alpha value is -1.64. The molecule has 2 aromatic heterocycles. The number of hydrogen-bond acceptors (Lipinski definition) is 4. The summed E-state index contributed by atoms with van der Waals surface area (Å²) in [5.74, 6) is 6.18. The molecule has 0 saturated carbocycles. The van der Waals surface area contributed by atoms with Crippen LogP contribution in [0.4, 0.5) is 0 Å². The first-order valence-electron chi connectivity index (χ1n) is 6.62. The molecule has 1 aliphatic heterocycles. The van der Waals surface area contributed by atoms with Gasteiger partial charge in [-0.3, -0.25) is 4.79 Å². The molecule has 0 atom stereocenters. The van der Waals surface area contributed by atoms with Crippen molar-refractivity contribution in [2.45, 2.75) is 19.3 Å². The molecule has 1 fully saturated rings. The van der Waals surface area contributed by atoms with Crippen LogP contribution in [0.1, 0.15) is 39.5 Å². The summed E-state index contributed by atoms with van der Waals surface area (Å²) in [6, 6.07) is 1.98. The SMILES string of the molecule is O=C(c1cnc(C#Cc2ccsc2)s1)N1CCCCC1. The monoisotopic (exact) mass is 302 g/mol. The lowest BCUT2D eigenvalue weighted by Gasteiger charge is -2.25. The molecule has 3 rings (SSSR count). The van der Waals surface area contributed by atoms with Gasteiger partial charge < -0.3 is 4.90 Å². The number of rotatable bonds is 1. The van der Waals surface area contributed by atoms with Crippen LogP contribution in [0.15, 0.2) is 23.0 Å². The van der Waals surface area contributed by atoms with E-state index in [-0.39, 0.29) is 5.91 Å². The van der Waals surface area contributed by atoms with E-state index in [1.807, 2.05) is 21.7 Å². The molecular formula is C15H14N2OS2. The highest BCUT2D eigenvalue weighted by atomic mass is 32.1.